The summed E-state index contributed by atoms with van der Waals surface area (Å²) < 4.78 is 6.18. The van der Waals surface area contributed by atoms with E-state index in [2.05, 4.69) is 84.9 Å². The minimum Gasteiger partial charge on any atom is -0.393 e. The summed E-state index contributed by atoms with van der Waals surface area (Å²) in [6, 6.07) is 0. The second-order valence-electron chi connectivity index (χ2n) is 14.9. The number of Topliss-reactive ketones (excluding diaryl/α,β-unsaturated/α-hetero) is 1. The van der Waals surface area contributed by atoms with Crippen molar-refractivity contribution >= 4 is 5.78 Å². The van der Waals surface area contributed by atoms with E-state index in [1.54, 1.807) is 0 Å². The van der Waals surface area contributed by atoms with E-state index in [1.165, 1.54) is 11.1 Å². The van der Waals surface area contributed by atoms with Crippen molar-refractivity contribution < 1.29 is 19.7 Å². The lowest BCUT2D eigenvalue weighted by Crippen LogP contribution is -2.48. The van der Waals surface area contributed by atoms with E-state index in [0.717, 1.165) is 17.6 Å². The van der Waals surface area contributed by atoms with E-state index in [1.807, 2.05) is 63.3 Å². The van der Waals surface area contributed by atoms with Gasteiger partial charge in [0.25, 0.3) is 0 Å². The van der Waals surface area contributed by atoms with Gasteiger partial charge in [0.1, 0.15) is 5.60 Å². The van der Waals surface area contributed by atoms with Gasteiger partial charge in [0.05, 0.1) is 17.8 Å². The van der Waals surface area contributed by atoms with Crippen molar-refractivity contribution in [3.8, 4) is 0 Å². The zero-order chi connectivity index (χ0) is 32.9. The maximum absolute atomic E-state index is 13.1. The molecule has 2 fully saturated rings. The summed E-state index contributed by atoms with van der Waals surface area (Å²) in [5.41, 5.74) is 4.26. The monoisotopic (exact) mass is 600 g/mol. The second-order valence-corrected chi connectivity index (χ2v) is 14.9. The Kier molecular flexibility index (Phi) is 11.4. The highest BCUT2D eigenvalue weighted by Crippen LogP contribution is 2.67. The van der Waals surface area contributed by atoms with Crippen LogP contribution in [-0.4, -0.2) is 39.4 Å². The number of carbonyl (C=O) groups excluding carboxylic acids is 1. The average Bonchev–Trinajstić information content (AvgIpc) is 3.49. The first-order valence-corrected chi connectivity index (χ1v) is 16.1. The van der Waals surface area contributed by atoms with Gasteiger partial charge < -0.3 is 14.9 Å². The maximum atomic E-state index is 13.1. The molecule has 0 aromatic heterocycles. The van der Waals surface area contributed by atoms with E-state index in [4.69, 9.17) is 4.74 Å². The van der Waals surface area contributed by atoms with Crippen LogP contribution in [0.3, 0.4) is 0 Å². The number of rotatable bonds is 11. The second kappa shape index (κ2) is 14.1. The third kappa shape index (κ3) is 8.68. The Morgan fingerprint density at radius 3 is 1.93 bits per heavy atom. The van der Waals surface area contributed by atoms with Crippen molar-refractivity contribution in [3.05, 3.63) is 107 Å². The molecule has 5 atom stereocenters. The van der Waals surface area contributed by atoms with Crippen LogP contribution in [0.1, 0.15) is 94.9 Å². The molecule has 0 amide bonds. The fourth-order valence-corrected chi connectivity index (χ4v) is 7.30. The number of hydrogen-bond acceptors (Lipinski definition) is 4. The first-order chi connectivity index (χ1) is 20.4. The van der Waals surface area contributed by atoms with E-state index >= 15 is 0 Å². The molecule has 2 aliphatic carbocycles. The molecule has 0 radical (unpaired) electrons. The number of aliphatic hydroxyl groups is 2. The molecular weight excluding hydrogens is 544 g/mol. The van der Waals surface area contributed by atoms with Crippen LogP contribution in [0.25, 0.3) is 0 Å². The lowest BCUT2D eigenvalue weighted by molar-refractivity contribution is -0.118. The first kappa shape index (κ1) is 35.7. The Morgan fingerprint density at radius 2 is 1.36 bits per heavy atom. The van der Waals surface area contributed by atoms with Crippen molar-refractivity contribution in [1.82, 2.24) is 0 Å². The third-order valence-corrected chi connectivity index (χ3v) is 9.85. The molecule has 1 saturated carbocycles. The van der Waals surface area contributed by atoms with Crippen LogP contribution in [-0.2, 0) is 9.53 Å². The van der Waals surface area contributed by atoms with Crippen LogP contribution >= 0.6 is 0 Å². The SMILES string of the molecule is CC(C=CC=C(C)C=CC1C(C)=CC(O)CC1(C)C)=CC=CC=C(C)C=CC=C(C)C(=O)CC12OC1(C)CC(O)CC2(C)C. The first-order valence-electron chi connectivity index (χ1n) is 16.1. The van der Waals surface area contributed by atoms with Gasteiger partial charge in [0, 0.05) is 18.8 Å². The standard InChI is InChI=1S/C40H56O4/c1-28(17-13-18-30(3)21-22-35-32(5)23-33(41)24-37(35,6)7)15-11-12-16-29(2)19-14-20-31(4)36(43)27-40-38(8,9)25-34(42)26-39(40,10)44-40/h11-23,33-35,41-42H,24-27H2,1-10H3. The topological polar surface area (TPSA) is 70.1 Å². The van der Waals surface area contributed by atoms with Crippen molar-refractivity contribution in [1.29, 1.82) is 0 Å². The normalized spacial score (nSPS) is 33.0. The molecular formula is C40H56O4. The predicted octanol–water partition coefficient (Wildman–Crippen LogP) is 9.02. The molecule has 0 bridgehead atoms. The maximum Gasteiger partial charge on any atom is 0.161 e. The molecule has 1 aliphatic heterocycles. The van der Waals surface area contributed by atoms with Crippen LogP contribution in [0.15, 0.2) is 107 Å². The zero-order valence-corrected chi connectivity index (χ0v) is 28.8. The Labute approximate surface area is 267 Å². The fourth-order valence-electron chi connectivity index (χ4n) is 7.30. The highest BCUT2D eigenvalue weighted by Gasteiger charge is 2.76. The van der Waals surface area contributed by atoms with E-state index < -0.39 is 11.2 Å². The van der Waals surface area contributed by atoms with Crippen molar-refractivity contribution in [2.45, 2.75) is 118 Å². The van der Waals surface area contributed by atoms with E-state index in [9.17, 15) is 15.0 Å². The summed E-state index contributed by atoms with van der Waals surface area (Å²) >= 11 is 0. The Hall–Kier alpha value is -2.79. The summed E-state index contributed by atoms with van der Waals surface area (Å²) in [5, 5.41) is 20.3. The summed E-state index contributed by atoms with van der Waals surface area (Å²) in [4.78, 5) is 13.1. The van der Waals surface area contributed by atoms with Gasteiger partial charge in [-0.2, -0.15) is 0 Å². The number of hydrogen-bond donors (Lipinski definition) is 2. The lowest BCUT2D eigenvalue weighted by Gasteiger charge is -2.40. The minimum atomic E-state index is -0.488. The summed E-state index contributed by atoms with van der Waals surface area (Å²) in [6.07, 6.45) is 28.4. The van der Waals surface area contributed by atoms with E-state index in [0.29, 0.717) is 30.8 Å². The largest absolute Gasteiger partial charge is 0.393 e. The molecule has 3 rings (SSSR count). The molecule has 44 heavy (non-hydrogen) atoms. The number of carbonyl (C=O) groups is 1. The number of allylic oxidation sites excluding steroid dienone is 17. The van der Waals surface area contributed by atoms with Gasteiger partial charge in [-0.3, -0.25) is 4.79 Å². The van der Waals surface area contributed by atoms with Crippen LogP contribution in [0.5, 0.6) is 0 Å². The van der Waals surface area contributed by atoms with Crippen LogP contribution in [0.4, 0.5) is 0 Å². The molecule has 3 aliphatic rings. The van der Waals surface area contributed by atoms with Gasteiger partial charge in [0.15, 0.2) is 5.78 Å². The van der Waals surface area contributed by atoms with Crippen molar-refractivity contribution in [2.75, 3.05) is 0 Å². The summed E-state index contributed by atoms with van der Waals surface area (Å²) in [7, 11) is 0. The molecule has 0 aromatic rings. The molecule has 0 spiro atoms. The Balaban J connectivity index is 1.49. The predicted molar refractivity (Wildman–Crippen MR) is 184 cm³/mol. The number of ketones is 1. The van der Waals surface area contributed by atoms with Crippen LogP contribution in [0, 0.1) is 16.7 Å². The van der Waals surface area contributed by atoms with Crippen LogP contribution < -0.4 is 0 Å². The van der Waals surface area contributed by atoms with Crippen molar-refractivity contribution in [3.63, 3.8) is 0 Å². The quantitative estimate of drug-likeness (QED) is 0.107. The Bertz CT molecular complexity index is 1360. The van der Waals surface area contributed by atoms with Crippen LogP contribution in [0.2, 0.25) is 0 Å². The van der Waals surface area contributed by atoms with Gasteiger partial charge in [-0.05, 0) is 70.8 Å². The molecule has 4 heteroatoms. The van der Waals surface area contributed by atoms with Gasteiger partial charge in [-0.15, -0.1) is 0 Å². The van der Waals surface area contributed by atoms with Crippen molar-refractivity contribution in [2.24, 2.45) is 16.7 Å². The van der Waals surface area contributed by atoms with E-state index in [-0.39, 0.29) is 28.8 Å². The molecule has 0 aromatic carbocycles. The van der Waals surface area contributed by atoms with Gasteiger partial charge in [0.2, 0.25) is 0 Å². The molecule has 2 N–H and O–H groups in total. The highest BCUT2D eigenvalue weighted by molar-refractivity contribution is 5.96. The number of aliphatic hydroxyl groups excluding tert-OH is 2. The number of ether oxygens (including phenoxy) is 1. The lowest BCUT2D eigenvalue weighted by atomic mass is 9.61. The molecule has 4 nitrogen and oxygen atoms in total. The van der Waals surface area contributed by atoms with Gasteiger partial charge >= 0.3 is 0 Å². The smallest absolute Gasteiger partial charge is 0.161 e. The fraction of sp³-hybridized carbons (Fsp3) is 0.525. The Morgan fingerprint density at radius 1 is 0.818 bits per heavy atom. The van der Waals surface area contributed by atoms with Gasteiger partial charge in [-0.1, -0.05) is 129 Å². The average molecular weight is 601 g/mol. The number of fused-ring (bicyclic) bond motifs is 1. The highest BCUT2D eigenvalue weighted by atomic mass is 16.6. The summed E-state index contributed by atoms with van der Waals surface area (Å²) in [6.45, 7) is 20.9. The molecule has 5 unspecified atom stereocenters. The summed E-state index contributed by atoms with van der Waals surface area (Å²) in [5.74, 6) is 0.429. The molecule has 240 valence electrons. The number of epoxide rings is 1. The molecule has 1 heterocycles. The molecule has 1 saturated heterocycles. The minimum absolute atomic E-state index is 0.0425. The third-order valence-electron chi connectivity index (χ3n) is 9.85. The van der Waals surface area contributed by atoms with Gasteiger partial charge in [-0.25, -0.2) is 0 Å². The zero-order valence-electron chi connectivity index (χ0n) is 28.8.